The summed E-state index contributed by atoms with van der Waals surface area (Å²) in [4.78, 5) is 91.0. The third-order valence-corrected chi connectivity index (χ3v) is 17.0. The van der Waals surface area contributed by atoms with Crippen molar-refractivity contribution < 1.29 is 103 Å². The quantitative estimate of drug-likeness (QED) is 0.0126. The Balaban J connectivity index is 1.18. The molecule has 414 valence electrons. The molecule has 27 nitrogen and oxygen atoms in total. The number of nitrogens with one attached hydrogen (secondary N) is 3. The Labute approximate surface area is 438 Å². The van der Waals surface area contributed by atoms with Crippen molar-refractivity contribution in [2.24, 2.45) is 10.2 Å². The van der Waals surface area contributed by atoms with E-state index < -0.39 is 147 Å². The molecule has 30 heteroatoms. The first-order valence-corrected chi connectivity index (χ1v) is 26.9. The number of rotatable bonds is 22. The number of aromatic hydroxyl groups is 2. The van der Waals surface area contributed by atoms with Gasteiger partial charge in [-0.1, -0.05) is 24.3 Å². The average molecular weight is 1130 g/mol. The third-order valence-electron chi connectivity index (χ3n) is 12.9. The van der Waals surface area contributed by atoms with E-state index in [0.717, 1.165) is 0 Å². The van der Waals surface area contributed by atoms with Gasteiger partial charge in [-0.3, -0.25) is 39.2 Å². The number of carboxylic acid groups (broad SMARTS) is 1. The number of aliphatic hydroxyl groups is 4. The van der Waals surface area contributed by atoms with E-state index in [0.29, 0.717) is 17.7 Å². The van der Waals surface area contributed by atoms with E-state index in [4.69, 9.17) is 36.3 Å². The number of carbonyl (C=O) groups excluding carboxylic acids is 3. The largest absolute Gasteiger partial charge is 0.507 e. The maximum Gasteiger partial charge on any atom is 0.369 e. The van der Waals surface area contributed by atoms with Crippen LogP contribution >= 0.6 is 27.4 Å². The minimum absolute atomic E-state index is 0.0110. The predicted octanol–water partition coefficient (Wildman–Crippen LogP) is 0.401. The second-order valence-electron chi connectivity index (χ2n) is 18.2. The average Bonchev–Trinajstić information content (AvgIpc) is 3.35. The van der Waals surface area contributed by atoms with Crippen molar-refractivity contribution in [2.75, 3.05) is 40.5 Å². The number of carboxylic acids is 1. The normalized spacial score (nSPS) is 21.9. The van der Waals surface area contributed by atoms with E-state index in [-0.39, 0.29) is 59.2 Å². The van der Waals surface area contributed by atoms with E-state index in [2.05, 4.69) is 26.4 Å². The van der Waals surface area contributed by atoms with Crippen molar-refractivity contribution in [1.29, 1.82) is 0 Å². The summed E-state index contributed by atoms with van der Waals surface area (Å²) in [7, 11) is -8.37. The monoisotopic (exact) mass is 1120 g/mol. The molecule has 14 N–H and O–H groups in total. The van der Waals surface area contributed by atoms with Crippen LogP contribution in [0.3, 0.4) is 0 Å². The molecule has 0 radical (unpaired) electrons. The van der Waals surface area contributed by atoms with Gasteiger partial charge in [-0.2, -0.15) is 10.2 Å². The minimum atomic E-state index is -5.58. The van der Waals surface area contributed by atoms with Gasteiger partial charge in [-0.25, -0.2) is 0 Å². The van der Waals surface area contributed by atoms with Crippen molar-refractivity contribution in [3.05, 3.63) is 81.4 Å². The molecule has 0 aromatic heterocycles. The number of fused-ring (bicyclic) bond motifs is 3. The summed E-state index contributed by atoms with van der Waals surface area (Å²) in [6, 6.07) is 9.77. The Morgan fingerprint density at radius 1 is 1.00 bits per heavy atom. The first kappa shape index (κ1) is 59.4. The van der Waals surface area contributed by atoms with Crippen LogP contribution in [-0.2, 0) is 34.6 Å². The number of benzene rings is 3. The minimum Gasteiger partial charge on any atom is -0.507 e. The molecule has 0 bridgehead atoms. The molecule has 1 heterocycles. The van der Waals surface area contributed by atoms with Crippen LogP contribution in [0.1, 0.15) is 100 Å². The van der Waals surface area contributed by atoms with Gasteiger partial charge >= 0.3 is 21.2 Å². The van der Waals surface area contributed by atoms with Crippen molar-refractivity contribution >= 4 is 67.9 Å². The van der Waals surface area contributed by atoms with Crippen molar-refractivity contribution in [1.82, 2.24) is 21.1 Å². The first-order valence-electron chi connectivity index (χ1n) is 23.3. The highest BCUT2D eigenvalue weighted by atomic mass is 32.1. The molecule has 76 heavy (non-hydrogen) atoms. The highest BCUT2D eigenvalue weighted by Gasteiger charge is 2.59. The zero-order chi connectivity index (χ0) is 56.1. The van der Waals surface area contributed by atoms with Gasteiger partial charge in [0, 0.05) is 61.9 Å². The van der Waals surface area contributed by atoms with E-state index in [1.807, 2.05) is 0 Å². The van der Waals surface area contributed by atoms with Gasteiger partial charge in [0.05, 0.1) is 73.6 Å². The number of amides is 1. The summed E-state index contributed by atoms with van der Waals surface area (Å²) in [5, 5.41) is 84.3. The SMILES string of the molecule is COc1cccc2c1C(=O)c1c(O)c3c(c(O)c1C2=O)C[C@@](O)(/C(CO)=N/NC(=S)N/N=C/c1cccc(OCCCN(C)CCC(O)(P(=O)(O)O)P(=O)(O)O)c1)C[C@@H]3O[C@H]1C[C@H](NC(=O)CCC(=O)O)[C@H](O)[C@H](C)O1. The molecule has 0 saturated carbocycles. The van der Waals surface area contributed by atoms with Gasteiger partial charge in [-0.15, -0.1) is 0 Å². The van der Waals surface area contributed by atoms with Crippen LogP contribution in [0.2, 0.25) is 0 Å². The Hall–Kier alpha value is -5.81. The van der Waals surface area contributed by atoms with Gasteiger partial charge in [0.1, 0.15) is 34.7 Å². The summed E-state index contributed by atoms with van der Waals surface area (Å²) in [5.41, 5.74) is 0.848. The standard InChI is InChI=1S/C46H58N6O21P2S/c1-23-39(57)28(48-32(54)11-12-33(55)56)18-34(72-23)73-30-20-45(62,19-27-36(30)43(61)38-37(41(27)59)40(58)26-9-5-10-29(70-3)35(26)42(38)60)31(22-53)49-51-44(76)50-47-21-24-7-4-8-25(17-24)71-16-6-14-52(2)15-13-46(63,74(64,65)66)75(67,68)69/h4-5,7-10,17,21,23,28,30,34,39,53,57,59,61-63H,6,11-16,18-20,22H2,1-3H3,(H,48,54)(H,55,56)(H2,50,51,76)(H2,64,65,66)(H2,67,68,69)/b47-21+,49-31+/t23-,28-,30-,34-,39+,45-/m0/s1. The summed E-state index contributed by atoms with van der Waals surface area (Å²) in [6.07, 6.45) is -6.76. The van der Waals surface area contributed by atoms with E-state index in [9.17, 15) is 78.5 Å². The summed E-state index contributed by atoms with van der Waals surface area (Å²) in [6.45, 7) is 0.669. The zero-order valence-electron chi connectivity index (χ0n) is 40.9. The number of aliphatic hydroxyl groups excluding tert-OH is 2. The Bertz CT molecular complexity index is 2870. The van der Waals surface area contributed by atoms with Crippen molar-refractivity contribution in [2.45, 2.75) is 93.2 Å². The smallest absolute Gasteiger partial charge is 0.369 e. The maximum absolute atomic E-state index is 14.2. The number of thiocarbonyl (C=S) groups is 1. The molecule has 1 aliphatic heterocycles. The topological polar surface area (TPSA) is 426 Å². The number of hydrogen-bond acceptors (Lipinski definition) is 20. The predicted molar refractivity (Wildman–Crippen MR) is 269 cm³/mol. The molecule has 3 aromatic rings. The van der Waals surface area contributed by atoms with Crippen molar-refractivity contribution in [3.63, 3.8) is 0 Å². The number of nitrogens with zero attached hydrogens (tertiary/aromatic N) is 3. The van der Waals surface area contributed by atoms with Crippen LogP contribution in [-0.4, -0.2) is 176 Å². The van der Waals surface area contributed by atoms with Crippen LogP contribution in [0.5, 0.6) is 23.0 Å². The molecule has 3 aliphatic rings. The molecule has 2 aliphatic carbocycles. The lowest BCUT2D eigenvalue weighted by Crippen LogP contribution is -2.56. The lowest BCUT2D eigenvalue weighted by Gasteiger charge is -2.43. The number of phenols is 2. The van der Waals surface area contributed by atoms with E-state index in [1.165, 1.54) is 50.4 Å². The number of carbonyl (C=O) groups is 4. The Kier molecular flexibility index (Phi) is 19.0. The molecule has 1 amide bonds. The number of ether oxygens (including phenoxy) is 4. The van der Waals surface area contributed by atoms with Crippen molar-refractivity contribution in [3.8, 4) is 23.0 Å². The lowest BCUT2D eigenvalue weighted by molar-refractivity contribution is -0.248. The summed E-state index contributed by atoms with van der Waals surface area (Å²) in [5.74, 6) is -4.81. The number of methoxy groups -OCH3 is 1. The van der Waals surface area contributed by atoms with Crippen LogP contribution in [0, 0.1) is 0 Å². The van der Waals surface area contributed by atoms with E-state index >= 15 is 0 Å². The summed E-state index contributed by atoms with van der Waals surface area (Å²) < 4.78 is 46.7. The molecule has 6 atom stereocenters. The molecular formula is C46H58N6O21P2S. The van der Waals surface area contributed by atoms with Crippen LogP contribution < -0.4 is 25.6 Å². The number of phenolic OH excluding ortho intramolecular Hbond substituents is 2. The van der Waals surface area contributed by atoms with Gasteiger partial charge < -0.3 is 84.5 Å². The Morgan fingerprint density at radius 3 is 2.34 bits per heavy atom. The molecule has 6 rings (SSSR count). The van der Waals surface area contributed by atoms with Crippen LogP contribution in [0.4, 0.5) is 0 Å². The van der Waals surface area contributed by atoms with E-state index in [1.54, 1.807) is 24.3 Å². The second kappa shape index (κ2) is 24.2. The highest BCUT2D eigenvalue weighted by molar-refractivity contribution is 7.80. The molecule has 0 unspecified atom stereocenters. The molecule has 3 aromatic carbocycles. The molecular weight excluding hydrogens is 1070 g/mol. The first-order chi connectivity index (χ1) is 35.6. The number of aliphatic carboxylic acids is 1. The fraction of sp³-hybridized carbons (Fsp3) is 0.457. The lowest BCUT2D eigenvalue weighted by atomic mass is 9.71. The second-order valence-corrected chi connectivity index (χ2v) is 22.6. The van der Waals surface area contributed by atoms with Crippen LogP contribution in [0.15, 0.2) is 52.7 Å². The molecule has 1 saturated heterocycles. The number of hydrogen-bond donors (Lipinski definition) is 14. The number of ketones is 2. The molecule has 1 fully saturated rings. The van der Waals surface area contributed by atoms with Gasteiger partial charge in [0.2, 0.25) is 16.8 Å². The fourth-order valence-electron chi connectivity index (χ4n) is 8.94. The fourth-order valence-corrected chi connectivity index (χ4v) is 11.2. The van der Waals surface area contributed by atoms with Gasteiger partial charge in [0.15, 0.2) is 12.1 Å². The Morgan fingerprint density at radius 2 is 1.68 bits per heavy atom. The summed E-state index contributed by atoms with van der Waals surface area (Å²) >= 11 is 5.33. The van der Waals surface area contributed by atoms with Crippen LogP contribution in [0.25, 0.3) is 0 Å². The molecule has 0 spiro atoms. The highest BCUT2D eigenvalue weighted by Crippen LogP contribution is 2.69. The third kappa shape index (κ3) is 13.1. The van der Waals surface area contributed by atoms with Gasteiger partial charge in [-0.05, 0) is 56.4 Å². The maximum atomic E-state index is 14.2. The number of hydrazone groups is 2. The van der Waals surface area contributed by atoms with Gasteiger partial charge in [0.25, 0.3) is 5.08 Å². The zero-order valence-corrected chi connectivity index (χ0v) is 43.5.